The van der Waals surface area contributed by atoms with Crippen LogP contribution in [0.2, 0.25) is 0 Å². The first-order valence-corrected chi connectivity index (χ1v) is 11.0. The van der Waals surface area contributed by atoms with Gasteiger partial charge in [0, 0.05) is 17.5 Å². The van der Waals surface area contributed by atoms with E-state index in [4.69, 9.17) is 0 Å². The number of benzene rings is 2. The van der Waals surface area contributed by atoms with Crippen molar-refractivity contribution in [3.05, 3.63) is 70.1 Å². The molecule has 5 nitrogen and oxygen atoms in total. The lowest BCUT2D eigenvalue weighted by Gasteiger charge is -2.10. The molecule has 1 heterocycles. The summed E-state index contributed by atoms with van der Waals surface area (Å²) in [6.45, 7) is 0. The molecule has 2 N–H and O–H groups in total. The summed E-state index contributed by atoms with van der Waals surface area (Å²) in [7, 11) is 0. The Kier molecular flexibility index (Phi) is 6.57. The highest BCUT2D eigenvalue weighted by molar-refractivity contribution is 5.94. The van der Waals surface area contributed by atoms with E-state index in [-0.39, 0.29) is 11.5 Å². The van der Waals surface area contributed by atoms with Crippen LogP contribution < -0.4 is 10.9 Å². The average molecular weight is 404 g/mol. The number of H-pyrrole nitrogens is 1. The van der Waals surface area contributed by atoms with Gasteiger partial charge in [-0.1, -0.05) is 62.1 Å². The van der Waals surface area contributed by atoms with Gasteiger partial charge < -0.3 is 5.32 Å². The molecule has 1 aromatic heterocycles. The van der Waals surface area contributed by atoms with Gasteiger partial charge in [0.25, 0.3) is 5.56 Å². The third-order valence-electron chi connectivity index (χ3n) is 6.13. The molecular formula is C25H29N3O2. The van der Waals surface area contributed by atoms with E-state index >= 15 is 0 Å². The van der Waals surface area contributed by atoms with E-state index < -0.39 is 0 Å². The van der Waals surface area contributed by atoms with Crippen molar-refractivity contribution in [2.75, 3.05) is 5.32 Å². The predicted molar refractivity (Wildman–Crippen MR) is 121 cm³/mol. The Morgan fingerprint density at radius 2 is 1.83 bits per heavy atom. The quantitative estimate of drug-likeness (QED) is 0.555. The number of aryl methyl sites for hydroxylation is 2. The van der Waals surface area contributed by atoms with Crippen molar-refractivity contribution in [1.29, 1.82) is 0 Å². The van der Waals surface area contributed by atoms with Crippen LogP contribution in [-0.4, -0.2) is 16.1 Å². The molecular weight excluding hydrogens is 374 g/mol. The van der Waals surface area contributed by atoms with Gasteiger partial charge in [-0.3, -0.25) is 9.59 Å². The maximum Gasteiger partial charge on any atom is 0.272 e. The number of carbonyl (C=O) groups excluding carboxylic acids is 1. The maximum atomic E-state index is 12.3. The second-order valence-electron chi connectivity index (χ2n) is 8.34. The molecule has 0 radical (unpaired) electrons. The number of carbonyl (C=O) groups is 1. The predicted octanol–water partition coefficient (Wildman–Crippen LogP) is 5.01. The van der Waals surface area contributed by atoms with Crippen LogP contribution in [0.5, 0.6) is 0 Å². The second kappa shape index (κ2) is 9.70. The molecule has 0 bridgehead atoms. The van der Waals surface area contributed by atoms with Gasteiger partial charge in [0.1, 0.15) is 0 Å². The number of nitrogens with zero attached hydrogens (tertiary/aromatic N) is 1. The largest absolute Gasteiger partial charge is 0.326 e. The van der Waals surface area contributed by atoms with Crippen molar-refractivity contribution < 1.29 is 4.79 Å². The summed E-state index contributed by atoms with van der Waals surface area (Å²) in [5.41, 5.74) is 2.64. The standard InChI is InChI=1S/C25H29N3O2/c29-24(16-13-19-9-4-5-10-19)26-20-14-15-21-22(17-20)25(30)28-27-23(21)12-6-11-18-7-2-1-3-8-18/h1-3,7-8,14-15,17,19H,4-6,9-13,16H2,(H,26,29)(H,28,30). The number of aromatic amines is 1. The summed E-state index contributed by atoms with van der Waals surface area (Å²) in [6.07, 6.45) is 9.29. The highest BCUT2D eigenvalue weighted by Gasteiger charge is 2.16. The highest BCUT2D eigenvalue weighted by Crippen LogP contribution is 2.28. The van der Waals surface area contributed by atoms with Crippen molar-refractivity contribution in [2.24, 2.45) is 5.92 Å². The molecule has 30 heavy (non-hydrogen) atoms. The maximum absolute atomic E-state index is 12.3. The average Bonchev–Trinajstić information content (AvgIpc) is 3.29. The Hall–Kier alpha value is -2.95. The topological polar surface area (TPSA) is 74.8 Å². The summed E-state index contributed by atoms with van der Waals surface area (Å²) in [5.74, 6) is 0.717. The monoisotopic (exact) mass is 403 g/mol. The van der Waals surface area contributed by atoms with E-state index in [9.17, 15) is 9.59 Å². The van der Waals surface area contributed by atoms with Crippen LogP contribution in [0.25, 0.3) is 10.8 Å². The fraction of sp³-hybridized carbons (Fsp3) is 0.400. The highest BCUT2D eigenvalue weighted by atomic mass is 16.1. The molecule has 1 saturated carbocycles. The van der Waals surface area contributed by atoms with Gasteiger partial charge in [-0.2, -0.15) is 5.10 Å². The van der Waals surface area contributed by atoms with Crippen LogP contribution >= 0.6 is 0 Å². The molecule has 0 atom stereocenters. The van der Waals surface area contributed by atoms with Crippen LogP contribution in [0.4, 0.5) is 5.69 Å². The summed E-state index contributed by atoms with van der Waals surface area (Å²) < 4.78 is 0. The number of hydrogen-bond donors (Lipinski definition) is 2. The minimum absolute atomic E-state index is 0.0230. The molecule has 4 rings (SSSR count). The van der Waals surface area contributed by atoms with Gasteiger partial charge >= 0.3 is 0 Å². The number of fused-ring (bicyclic) bond motifs is 1. The number of hydrogen-bond acceptors (Lipinski definition) is 3. The molecule has 1 amide bonds. The fourth-order valence-corrected chi connectivity index (χ4v) is 4.45. The molecule has 156 valence electrons. The third-order valence-corrected chi connectivity index (χ3v) is 6.13. The first-order valence-electron chi connectivity index (χ1n) is 11.0. The van der Waals surface area contributed by atoms with Gasteiger partial charge in [-0.15, -0.1) is 0 Å². The molecule has 5 heteroatoms. The number of amides is 1. The van der Waals surface area contributed by atoms with Gasteiger partial charge in [-0.05, 0) is 49.3 Å². The van der Waals surface area contributed by atoms with Crippen LogP contribution in [-0.2, 0) is 17.6 Å². The summed E-state index contributed by atoms with van der Waals surface area (Å²) >= 11 is 0. The SMILES string of the molecule is O=C(CCC1CCCC1)Nc1ccc2c(CCCc3ccccc3)n[nH]c(=O)c2c1. The Morgan fingerprint density at radius 3 is 2.63 bits per heavy atom. The van der Waals surface area contributed by atoms with Gasteiger partial charge in [0.2, 0.25) is 5.91 Å². The Balaban J connectivity index is 1.41. The van der Waals surface area contributed by atoms with E-state index in [0.29, 0.717) is 23.4 Å². The normalized spacial score (nSPS) is 14.3. The smallest absolute Gasteiger partial charge is 0.272 e. The summed E-state index contributed by atoms with van der Waals surface area (Å²) in [5, 5.41) is 11.3. The fourth-order valence-electron chi connectivity index (χ4n) is 4.45. The number of rotatable bonds is 8. The molecule has 1 aliphatic rings. The summed E-state index contributed by atoms with van der Waals surface area (Å²) in [6, 6.07) is 15.9. The zero-order valence-corrected chi connectivity index (χ0v) is 17.3. The lowest BCUT2D eigenvalue weighted by atomic mass is 10.0. The van der Waals surface area contributed by atoms with Crippen molar-refractivity contribution >= 4 is 22.4 Å². The van der Waals surface area contributed by atoms with Gasteiger partial charge in [-0.25, -0.2) is 5.10 Å². The molecule has 0 unspecified atom stereocenters. The Morgan fingerprint density at radius 1 is 1.03 bits per heavy atom. The zero-order chi connectivity index (χ0) is 20.8. The molecule has 1 aliphatic carbocycles. The first kappa shape index (κ1) is 20.3. The zero-order valence-electron chi connectivity index (χ0n) is 17.3. The molecule has 0 aliphatic heterocycles. The first-order chi connectivity index (χ1) is 14.7. The van der Waals surface area contributed by atoms with E-state index in [1.54, 1.807) is 6.07 Å². The summed E-state index contributed by atoms with van der Waals surface area (Å²) in [4.78, 5) is 24.7. The lowest BCUT2D eigenvalue weighted by Crippen LogP contribution is -2.15. The van der Waals surface area contributed by atoms with Crippen molar-refractivity contribution in [1.82, 2.24) is 10.2 Å². The van der Waals surface area contributed by atoms with E-state index in [0.717, 1.165) is 36.8 Å². The van der Waals surface area contributed by atoms with E-state index in [1.807, 2.05) is 30.3 Å². The number of anilines is 1. The van der Waals surface area contributed by atoms with Crippen molar-refractivity contribution in [3.63, 3.8) is 0 Å². The molecule has 0 spiro atoms. The van der Waals surface area contributed by atoms with Crippen LogP contribution in [0.3, 0.4) is 0 Å². The Labute approximate surface area is 176 Å². The Bertz CT molecular complexity index is 1050. The lowest BCUT2D eigenvalue weighted by molar-refractivity contribution is -0.116. The van der Waals surface area contributed by atoms with Crippen molar-refractivity contribution in [3.8, 4) is 0 Å². The van der Waals surface area contributed by atoms with Crippen LogP contribution in [0.15, 0.2) is 53.3 Å². The minimum Gasteiger partial charge on any atom is -0.326 e. The molecule has 2 aromatic carbocycles. The molecule has 3 aromatic rings. The molecule has 0 saturated heterocycles. The van der Waals surface area contributed by atoms with Gasteiger partial charge in [0.15, 0.2) is 0 Å². The van der Waals surface area contributed by atoms with Gasteiger partial charge in [0.05, 0.1) is 11.1 Å². The van der Waals surface area contributed by atoms with E-state index in [1.165, 1.54) is 31.2 Å². The van der Waals surface area contributed by atoms with Crippen LogP contribution in [0, 0.1) is 5.92 Å². The second-order valence-corrected chi connectivity index (χ2v) is 8.34. The minimum atomic E-state index is -0.223. The van der Waals surface area contributed by atoms with Crippen LogP contribution in [0.1, 0.15) is 56.2 Å². The number of nitrogens with one attached hydrogen (secondary N) is 2. The van der Waals surface area contributed by atoms with Crippen molar-refractivity contribution in [2.45, 2.75) is 57.8 Å². The number of aromatic nitrogens is 2. The molecule has 1 fully saturated rings. The third kappa shape index (κ3) is 5.15. The van der Waals surface area contributed by atoms with E-state index in [2.05, 4.69) is 27.6 Å².